The van der Waals surface area contributed by atoms with Gasteiger partial charge in [-0.25, -0.2) is 9.59 Å². The smallest absolute Gasteiger partial charge is 0.349 e. The Morgan fingerprint density at radius 2 is 1.93 bits per heavy atom. The van der Waals surface area contributed by atoms with Crippen LogP contribution in [0.25, 0.3) is 0 Å². The summed E-state index contributed by atoms with van der Waals surface area (Å²) < 4.78 is 9.35. The standard InChI is InChI=1S/C11H10O4/c1-2-10(12)14-8-11(13)15-9-6-4-3-5-7-9/h2-7H,1,8H2. The van der Waals surface area contributed by atoms with Crippen LogP contribution in [-0.4, -0.2) is 18.5 Å². The molecule has 0 atom stereocenters. The van der Waals surface area contributed by atoms with E-state index < -0.39 is 18.5 Å². The van der Waals surface area contributed by atoms with Gasteiger partial charge >= 0.3 is 11.9 Å². The molecule has 0 saturated heterocycles. The van der Waals surface area contributed by atoms with E-state index in [0.29, 0.717) is 5.75 Å². The summed E-state index contributed by atoms with van der Waals surface area (Å²) in [7, 11) is 0. The van der Waals surface area contributed by atoms with Crippen molar-refractivity contribution in [2.75, 3.05) is 6.61 Å². The lowest BCUT2D eigenvalue weighted by molar-refractivity contribution is -0.150. The molecule has 0 N–H and O–H groups in total. The highest BCUT2D eigenvalue weighted by Crippen LogP contribution is 2.08. The van der Waals surface area contributed by atoms with Crippen LogP contribution in [0.1, 0.15) is 0 Å². The van der Waals surface area contributed by atoms with Crippen LogP contribution < -0.4 is 4.74 Å². The molecule has 0 unspecified atom stereocenters. The number of esters is 2. The molecule has 0 bridgehead atoms. The van der Waals surface area contributed by atoms with Gasteiger partial charge in [0.15, 0.2) is 6.61 Å². The monoisotopic (exact) mass is 206 g/mol. The molecule has 0 fully saturated rings. The molecule has 0 aliphatic rings. The minimum Gasteiger partial charge on any atom is -0.451 e. The predicted octanol–water partition coefficient (Wildman–Crippen LogP) is 1.32. The van der Waals surface area contributed by atoms with Crippen LogP contribution in [0.4, 0.5) is 0 Å². The third-order valence-corrected chi connectivity index (χ3v) is 1.47. The molecule has 1 aromatic rings. The first kappa shape index (κ1) is 11.0. The maximum Gasteiger partial charge on any atom is 0.349 e. The number of carbonyl (C=O) groups is 2. The first-order chi connectivity index (χ1) is 7.22. The van der Waals surface area contributed by atoms with Gasteiger partial charge in [-0.2, -0.15) is 0 Å². The van der Waals surface area contributed by atoms with Gasteiger partial charge in [-0.05, 0) is 12.1 Å². The lowest BCUT2D eigenvalue weighted by Gasteiger charge is -2.03. The van der Waals surface area contributed by atoms with Gasteiger partial charge in [0.05, 0.1) is 0 Å². The molecule has 0 heterocycles. The summed E-state index contributed by atoms with van der Waals surface area (Å²) in [5.41, 5.74) is 0. The summed E-state index contributed by atoms with van der Waals surface area (Å²) in [5, 5.41) is 0. The molecular weight excluding hydrogens is 196 g/mol. The third kappa shape index (κ3) is 4.08. The average Bonchev–Trinajstić information content (AvgIpc) is 2.27. The third-order valence-electron chi connectivity index (χ3n) is 1.47. The molecule has 0 aliphatic carbocycles. The Bertz CT molecular complexity index is 356. The molecule has 4 nitrogen and oxygen atoms in total. The van der Waals surface area contributed by atoms with Crippen LogP contribution in [0.3, 0.4) is 0 Å². The summed E-state index contributed by atoms with van der Waals surface area (Å²) in [6.07, 6.45) is 0.982. The largest absolute Gasteiger partial charge is 0.451 e. The number of carbonyl (C=O) groups excluding carboxylic acids is 2. The van der Waals surface area contributed by atoms with Gasteiger partial charge in [-0.1, -0.05) is 24.8 Å². The van der Waals surface area contributed by atoms with E-state index in [1.807, 2.05) is 0 Å². The second kappa shape index (κ2) is 5.59. The number of rotatable bonds is 4. The average molecular weight is 206 g/mol. The van der Waals surface area contributed by atoms with Gasteiger partial charge in [-0.15, -0.1) is 0 Å². The Morgan fingerprint density at radius 1 is 1.27 bits per heavy atom. The van der Waals surface area contributed by atoms with Gasteiger partial charge in [0, 0.05) is 6.08 Å². The Labute approximate surface area is 87.1 Å². The van der Waals surface area contributed by atoms with Gasteiger partial charge in [0.25, 0.3) is 0 Å². The molecular formula is C11H10O4. The topological polar surface area (TPSA) is 52.6 Å². The number of para-hydroxylation sites is 1. The van der Waals surface area contributed by atoms with E-state index in [2.05, 4.69) is 11.3 Å². The molecule has 1 aromatic carbocycles. The van der Waals surface area contributed by atoms with Crippen molar-refractivity contribution in [3.8, 4) is 5.75 Å². The zero-order chi connectivity index (χ0) is 11.1. The fourth-order valence-corrected chi connectivity index (χ4v) is 0.838. The van der Waals surface area contributed by atoms with Crippen molar-refractivity contribution in [2.45, 2.75) is 0 Å². The maximum atomic E-state index is 11.1. The summed E-state index contributed by atoms with van der Waals surface area (Å²) in [6, 6.07) is 8.53. The van der Waals surface area contributed by atoms with Gasteiger partial charge in [0.2, 0.25) is 0 Å². The summed E-state index contributed by atoms with van der Waals surface area (Å²) >= 11 is 0. The molecule has 0 amide bonds. The van der Waals surface area contributed by atoms with Crippen LogP contribution in [0.5, 0.6) is 5.75 Å². The van der Waals surface area contributed by atoms with Crippen LogP contribution in [-0.2, 0) is 14.3 Å². The number of hydrogen-bond acceptors (Lipinski definition) is 4. The minimum absolute atomic E-state index is 0.414. The van der Waals surface area contributed by atoms with E-state index in [1.54, 1.807) is 30.3 Å². The zero-order valence-electron chi connectivity index (χ0n) is 8.01. The first-order valence-corrected chi connectivity index (χ1v) is 4.27. The molecule has 0 saturated carbocycles. The second-order valence-corrected chi connectivity index (χ2v) is 2.60. The lowest BCUT2D eigenvalue weighted by Crippen LogP contribution is -2.17. The van der Waals surface area contributed by atoms with E-state index in [0.717, 1.165) is 6.08 Å². The van der Waals surface area contributed by atoms with E-state index in [-0.39, 0.29) is 0 Å². The Kier molecular flexibility index (Phi) is 4.09. The van der Waals surface area contributed by atoms with Crippen LogP contribution in [0.15, 0.2) is 43.0 Å². The van der Waals surface area contributed by atoms with Gasteiger partial charge in [-0.3, -0.25) is 0 Å². The molecule has 0 spiro atoms. The second-order valence-electron chi connectivity index (χ2n) is 2.60. The Morgan fingerprint density at radius 3 is 2.53 bits per heavy atom. The van der Waals surface area contributed by atoms with Crippen LogP contribution >= 0.6 is 0 Å². The zero-order valence-corrected chi connectivity index (χ0v) is 8.01. The van der Waals surface area contributed by atoms with Crippen LogP contribution in [0, 0.1) is 0 Å². The fraction of sp³-hybridized carbons (Fsp3) is 0.0909. The number of benzene rings is 1. The molecule has 0 aliphatic heterocycles. The van der Waals surface area contributed by atoms with Gasteiger partial charge in [0.1, 0.15) is 5.75 Å². The molecule has 4 heteroatoms. The SMILES string of the molecule is C=CC(=O)OCC(=O)Oc1ccccc1. The van der Waals surface area contributed by atoms with E-state index in [4.69, 9.17) is 4.74 Å². The maximum absolute atomic E-state index is 11.1. The summed E-state index contributed by atoms with van der Waals surface area (Å²) in [4.78, 5) is 21.7. The van der Waals surface area contributed by atoms with Crippen molar-refractivity contribution in [1.29, 1.82) is 0 Å². The highest BCUT2D eigenvalue weighted by Gasteiger charge is 2.06. The van der Waals surface area contributed by atoms with Crippen molar-refractivity contribution >= 4 is 11.9 Å². The number of ether oxygens (including phenoxy) is 2. The predicted molar refractivity (Wildman–Crippen MR) is 53.2 cm³/mol. The molecule has 0 radical (unpaired) electrons. The van der Waals surface area contributed by atoms with E-state index >= 15 is 0 Å². The fourth-order valence-electron chi connectivity index (χ4n) is 0.838. The summed E-state index contributed by atoms with van der Waals surface area (Å²) in [6.45, 7) is 2.78. The van der Waals surface area contributed by atoms with Crippen molar-refractivity contribution in [2.24, 2.45) is 0 Å². The van der Waals surface area contributed by atoms with Crippen molar-refractivity contribution in [1.82, 2.24) is 0 Å². The van der Waals surface area contributed by atoms with Crippen molar-refractivity contribution in [3.05, 3.63) is 43.0 Å². The Hall–Kier alpha value is -2.10. The first-order valence-electron chi connectivity index (χ1n) is 4.27. The molecule has 0 aromatic heterocycles. The Balaban J connectivity index is 2.37. The van der Waals surface area contributed by atoms with Crippen LogP contribution in [0.2, 0.25) is 0 Å². The van der Waals surface area contributed by atoms with Gasteiger partial charge < -0.3 is 9.47 Å². The molecule has 15 heavy (non-hydrogen) atoms. The highest BCUT2D eigenvalue weighted by molar-refractivity contribution is 5.84. The highest BCUT2D eigenvalue weighted by atomic mass is 16.6. The van der Waals surface area contributed by atoms with Crippen molar-refractivity contribution in [3.63, 3.8) is 0 Å². The summed E-state index contributed by atoms with van der Waals surface area (Å²) in [5.74, 6) is -0.867. The molecule has 1 rings (SSSR count). The quantitative estimate of drug-likeness (QED) is 0.423. The van der Waals surface area contributed by atoms with Crippen molar-refractivity contribution < 1.29 is 19.1 Å². The minimum atomic E-state index is -0.653. The number of hydrogen-bond donors (Lipinski definition) is 0. The normalized spacial score (nSPS) is 9.07. The molecule has 78 valence electrons. The lowest BCUT2D eigenvalue weighted by atomic mass is 10.3. The van der Waals surface area contributed by atoms with E-state index in [9.17, 15) is 9.59 Å². The van der Waals surface area contributed by atoms with E-state index in [1.165, 1.54) is 0 Å².